The van der Waals surface area contributed by atoms with Gasteiger partial charge in [-0.2, -0.15) is 0 Å². The van der Waals surface area contributed by atoms with E-state index in [4.69, 9.17) is 4.74 Å². The Bertz CT molecular complexity index is 581. The van der Waals surface area contributed by atoms with Gasteiger partial charge in [-0.3, -0.25) is 0 Å². The molecule has 1 fully saturated rings. The summed E-state index contributed by atoms with van der Waals surface area (Å²) in [4.78, 5) is 0. The van der Waals surface area contributed by atoms with E-state index in [1.807, 2.05) is 4.68 Å². The second-order valence-corrected chi connectivity index (χ2v) is 4.45. The summed E-state index contributed by atoms with van der Waals surface area (Å²) in [6.07, 6.45) is 2.22. The second-order valence-electron chi connectivity index (χ2n) is 4.45. The molecule has 0 amide bonds. The van der Waals surface area contributed by atoms with E-state index in [0.29, 0.717) is 18.3 Å². The molecule has 0 bridgehead atoms. The van der Waals surface area contributed by atoms with Crippen molar-refractivity contribution in [3.63, 3.8) is 0 Å². The first-order valence-corrected chi connectivity index (χ1v) is 6.12. The van der Waals surface area contributed by atoms with Gasteiger partial charge in [0, 0.05) is 0 Å². The molecule has 0 atom stereocenters. The van der Waals surface area contributed by atoms with Gasteiger partial charge >= 0.3 is 0 Å². The van der Waals surface area contributed by atoms with Crippen LogP contribution in [-0.4, -0.2) is 27.3 Å². The molecule has 0 saturated heterocycles. The smallest absolute Gasteiger partial charge is 0.177 e. The molecular formula is C12H14FN5O. The first-order chi connectivity index (χ1) is 9.29. The van der Waals surface area contributed by atoms with E-state index >= 15 is 0 Å². The van der Waals surface area contributed by atoms with E-state index in [-0.39, 0.29) is 5.75 Å². The molecule has 1 aromatic carbocycles. The number of nitrogens with zero attached hydrogens (tertiary/aromatic N) is 4. The zero-order valence-electron chi connectivity index (χ0n) is 10.5. The monoisotopic (exact) mass is 263 g/mol. The molecule has 1 heterocycles. The van der Waals surface area contributed by atoms with Crippen LogP contribution < -0.4 is 10.1 Å². The minimum atomic E-state index is -0.394. The van der Waals surface area contributed by atoms with Crippen molar-refractivity contribution in [1.82, 2.24) is 20.2 Å². The topological polar surface area (TPSA) is 64.9 Å². The van der Waals surface area contributed by atoms with E-state index in [0.717, 1.165) is 18.7 Å². The molecule has 0 aliphatic heterocycles. The fraction of sp³-hybridized carbons (Fsp3) is 0.417. The van der Waals surface area contributed by atoms with E-state index in [1.54, 1.807) is 12.1 Å². The highest BCUT2D eigenvalue weighted by molar-refractivity contribution is 5.56. The third-order valence-corrected chi connectivity index (χ3v) is 3.06. The molecule has 1 N–H and O–H groups in total. The van der Waals surface area contributed by atoms with Gasteiger partial charge in [-0.1, -0.05) is 6.07 Å². The van der Waals surface area contributed by atoms with Crippen LogP contribution in [0.2, 0.25) is 0 Å². The lowest BCUT2D eigenvalue weighted by atomic mass is 10.2. The molecule has 0 spiro atoms. The predicted octanol–water partition coefficient (Wildman–Crippen LogP) is 1.77. The van der Waals surface area contributed by atoms with E-state index in [9.17, 15) is 4.39 Å². The second kappa shape index (κ2) is 4.83. The van der Waals surface area contributed by atoms with Crippen LogP contribution in [0.1, 0.15) is 24.7 Å². The van der Waals surface area contributed by atoms with Crippen molar-refractivity contribution < 1.29 is 9.13 Å². The van der Waals surface area contributed by atoms with E-state index in [2.05, 4.69) is 20.8 Å². The zero-order valence-corrected chi connectivity index (χ0v) is 10.5. The third-order valence-electron chi connectivity index (χ3n) is 3.06. The Balaban J connectivity index is 1.75. The Kier molecular flexibility index (Phi) is 3.02. The van der Waals surface area contributed by atoms with Crippen molar-refractivity contribution in [2.24, 2.45) is 0 Å². The number of hydrogen-bond acceptors (Lipinski definition) is 5. The van der Waals surface area contributed by atoms with Crippen LogP contribution >= 0.6 is 0 Å². The van der Waals surface area contributed by atoms with Gasteiger partial charge in [0.25, 0.3) is 0 Å². The Morgan fingerprint density at radius 3 is 3.05 bits per heavy atom. The zero-order chi connectivity index (χ0) is 13.2. The summed E-state index contributed by atoms with van der Waals surface area (Å²) in [5.41, 5.74) is 0.591. The molecule has 3 rings (SSSR count). The number of nitrogens with one attached hydrogen (secondary N) is 1. The van der Waals surface area contributed by atoms with Gasteiger partial charge in [0.2, 0.25) is 0 Å². The van der Waals surface area contributed by atoms with Crippen molar-refractivity contribution in [1.29, 1.82) is 0 Å². The summed E-state index contributed by atoms with van der Waals surface area (Å²) in [7, 11) is 1.44. The lowest BCUT2D eigenvalue weighted by molar-refractivity contribution is 0.388. The predicted molar refractivity (Wildman–Crippen MR) is 66.4 cm³/mol. The van der Waals surface area contributed by atoms with Gasteiger partial charge in [-0.15, -0.1) is 5.10 Å². The van der Waals surface area contributed by atoms with Crippen molar-refractivity contribution in [3.05, 3.63) is 29.8 Å². The number of tetrazole rings is 1. The average molecular weight is 263 g/mol. The highest BCUT2D eigenvalue weighted by Gasteiger charge is 2.27. The molecule has 1 aliphatic rings. The van der Waals surface area contributed by atoms with Crippen molar-refractivity contribution in [2.45, 2.75) is 25.4 Å². The number of halogens is 1. The van der Waals surface area contributed by atoms with Crippen molar-refractivity contribution in [3.8, 4) is 5.75 Å². The van der Waals surface area contributed by atoms with Crippen LogP contribution in [0.4, 0.5) is 10.1 Å². The number of para-hydroxylation sites is 1. The number of benzene rings is 1. The molecule has 2 aromatic rings. The molecule has 0 unspecified atom stereocenters. The van der Waals surface area contributed by atoms with Gasteiger partial charge in [0.05, 0.1) is 25.4 Å². The highest BCUT2D eigenvalue weighted by atomic mass is 19.1. The molecule has 6 nitrogen and oxygen atoms in total. The number of rotatable bonds is 5. The molecule has 1 aliphatic carbocycles. The number of aromatic nitrogens is 4. The number of anilines is 1. The third kappa shape index (κ3) is 2.35. The SMILES string of the molecule is COc1c(F)cccc1NCc1nnnn1C1CC1. The van der Waals surface area contributed by atoms with Crippen LogP contribution in [0, 0.1) is 5.82 Å². The molecule has 1 saturated carbocycles. The van der Waals surface area contributed by atoms with Gasteiger partial charge < -0.3 is 10.1 Å². The first-order valence-electron chi connectivity index (χ1n) is 6.12. The van der Waals surface area contributed by atoms with Crippen molar-refractivity contribution >= 4 is 5.69 Å². The molecular weight excluding hydrogens is 249 g/mol. The van der Waals surface area contributed by atoms with Gasteiger partial charge in [0.15, 0.2) is 17.4 Å². The minimum absolute atomic E-state index is 0.202. The normalized spacial score (nSPS) is 14.4. The average Bonchev–Trinajstić information content (AvgIpc) is 3.15. The number of ether oxygens (including phenoxy) is 1. The maximum atomic E-state index is 13.5. The standard InChI is InChI=1S/C12H14FN5O/c1-19-12-9(13)3-2-4-10(12)14-7-11-15-16-17-18(11)8-5-6-8/h2-4,8,14H,5-7H2,1H3. The summed E-state index contributed by atoms with van der Waals surface area (Å²) in [6.45, 7) is 0.434. The molecule has 0 radical (unpaired) electrons. The Morgan fingerprint density at radius 2 is 2.32 bits per heavy atom. The number of hydrogen-bond donors (Lipinski definition) is 1. The van der Waals surface area contributed by atoms with E-state index < -0.39 is 5.82 Å². The fourth-order valence-electron chi connectivity index (χ4n) is 1.96. The minimum Gasteiger partial charge on any atom is -0.492 e. The fourth-order valence-corrected chi connectivity index (χ4v) is 1.96. The Morgan fingerprint density at radius 1 is 1.47 bits per heavy atom. The van der Waals surface area contributed by atoms with Gasteiger partial charge in [0.1, 0.15) is 0 Å². The van der Waals surface area contributed by atoms with Crippen LogP contribution in [0.3, 0.4) is 0 Å². The summed E-state index contributed by atoms with van der Waals surface area (Å²) >= 11 is 0. The maximum absolute atomic E-state index is 13.5. The van der Waals surface area contributed by atoms with Gasteiger partial charge in [-0.05, 0) is 35.4 Å². The molecule has 19 heavy (non-hydrogen) atoms. The summed E-state index contributed by atoms with van der Waals surface area (Å²) in [5.74, 6) is 0.552. The highest BCUT2D eigenvalue weighted by Crippen LogP contribution is 2.34. The summed E-state index contributed by atoms with van der Waals surface area (Å²) < 4.78 is 20.4. The summed E-state index contributed by atoms with van der Waals surface area (Å²) in [5, 5.41) is 14.7. The van der Waals surface area contributed by atoms with Crippen LogP contribution in [-0.2, 0) is 6.54 Å². The lowest BCUT2D eigenvalue weighted by Gasteiger charge is -2.11. The van der Waals surface area contributed by atoms with Gasteiger partial charge in [-0.25, -0.2) is 9.07 Å². The largest absolute Gasteiger partial charge is 0.492 e. The Labute approximate surface area is 109 Å². The summed E-state index contributed by atoms with van der Waals surface area (Å²) in [6, 6.07) is 5.16. The Hall–Kier alpha value is -2.18. The van der Waals surface area contributed by atoms with Crippen LogP contribution in [0.25, 0.3) is 0 Å². The molecule has 1 aromatic heterocycles. The molecule has 7 heteroatoms. The van der Waals surface area contributed by atoms with Crippen LogP contribution in [0.15, 0.2) is 18.2 Å². The quantitative estimate of drug-likeness (QED) is 0.890. The van der Waals surface area contributed by atoms with Crippen molar-refractivity contribution in [2.75, 3.05) is 12.4 Å². The first kappa shape index (κ1) is 11.9. The molecule has 100 valence electrons. The van der Waals surface area contributed by atoms with Crippen LogP contribution in [0.5, 0.6) is 5.75 Å². The lowest BCUT2D eigenvalue weighted by Crippen LogP contribution is -2.09. The van der Waals surface area contributed by atoms with E-state index in [1.165, 1.54) is 13.2 Å². The number of methoxy groups -OCH3 is 1. The maximum Gasteiger partial charge on any atom is 0.177 e.